The van der Waals surface area contributed by atoms with Crippen molar-refractivity contribution in [2.45, 2.75) is 6.92 Å². The van der Waals surface area contributed by atoms with Crippen LogP contribution in [0.5, 0.6) is 0 Å². The summed E-state index contributed by atoms with van der Waals surface area (Å²) in [4.78, 5) is 17.8. The standard InChI is InChI=1S/C12H17N3O/c1-9(10-7-14-8-10)12(16)15(2)11-3-5-13-6-4-11/h3-6,9-10,14H,7-8H2,1-2H3. The van der Waals surface area contributed by atoms with Crippen LogP contribution < -0.4 is 10.2 Å². The van der Waals surface area contributed by atoms with E-state index in [9.17, 15) is 4.79 Å². The minimum Gasteiger partial charge on any atom is -0.316 e. The lowest BCUT2D eigenvalue weighted by Gasteiger charge is -2.33. The van der Waals surface area contributed by atoms with Crippen LogP contribution in [0.15, 0.2) is 24.5 Å². The van der Waals surface area contributed by atoms with Crippen LogP contribution in [0.25, 0.3) is 0 Å². The van der Waals surface area contributed by atoms with Gasteiger partial charge in [-0.2, -0.15) is 0 Å². The summed E-state index contributed by atoms with van der Waals surface area (Å²) in [6, 6.07) is 3.70. The summed E-state index contributed by atoms with van der Waals surface area (Å²) in [5, 5.41) is 3.19. The van der Waals surface area contributed by atoms with E-state index in [4.69, 9.17) is 0 Å². The third-order valence-electron chi connectivity index (χ3n) is 3.29. The largest absolute Gasteiger partial charge is 0.316 e. The van der Waals surface area contributed by atoms with Crippen molar-refractivity contribution in [1.29, 1.82) is 0 Å². The van der Waals surface area contributed by atoms with Crippen molar-refractivity contribution in [3.05, 3.63) is 24.5 Å². The highest BCUT2D eigenvalue weighted by Gasteiger charge is 2.30. The molecule has 0 aliphatic carbocycles. The van der Waals surface area contributed by atoms with Crippen molar-refractivity contribution in [3.8, 4) is 0 Å². The molecular weight excluding hydrogens is 202 g/mol. The topological polar surface area (TPSA) is 45.2 Å². The van der Waals surface area contributed by atoms with Gasteiger partial charge in [0.25, 0.3) is 0 Å². The molecule has 1 aliphatic rings. The van der Waals surface area contributed by atoms with Crippen LogP contribution in [-0.4, -0.2) is 31.0 Å². The summed E-state index contributed by atoms with van der Waals surface area (Å²) >= 11 is 0. The number of carbonyl (C=O) groups is 1. The molecule has 4 nitrogen and oxygen atoms in total. The van der Waals surface area contributed by atoms with Gasteiger partial charge in [-0.3, -0.25) is 9.78 Å². The smallest absolute Gasteiger partial charge is 0.229 e. The first-order valence-electron chi connectivity index (χ1n) is 5.58. The zero-order valence-corrected chi connectivity index (χ0v) is 9.68. The van der Waals surface area contributed by atoms with Crippen LogP contribution in [-0.2, 0) is 4.79 Å². The molecule has 1 aromatic rings. The fourth-order valence-corrected chi connectivity index (χ4v) is 1.87. The van der Waals surface area contributed by atoms with E-state index in [1.54, 1.807) is 17.3 Å². The third-order valence-corrected chi connectivity index (χ3v) is 3.29. The van der Waals surface area contributed by atoms with Crippen LogP contribution in [0.3, 0.4) is 0 Å². The quantitative estimate of drug-likeness (QED) is 0.821. The van der Waals surface area contributed by atoms with Crippen molar-refractivity contribution in [1.82, 2.24) is 10.3 Å². The van der Waals surface area contributed by atoms with Gasteiger partial charge < -0.3 is 10.2 Å². The average molecular weight is 219 g/mol. The number of hydrogen-bond donors (Lipinski definition) is 1. The van der Waals surface area contributed by atoms with Crippen molar-refractivity contribution >= 4 is 11.6 Å². The maximum Gasteiger partial charge on any atom is 0.229 e. The molecule has 0 spiro atoms. The molecule has 86 valence electrons. The predicted molar refractivity (Wildman–Crippen MR) is 63.2 cm³/mol. The Morgan fingerprint density at radius 2 is 2.12 bits per heavy atom. The molecule has 1 atom stereocenters. The van der Waals surface area contributed by atoms with E-state index in [-0.39, 0.29) is 11.8 Å². The van der Waals surface area contributed by atoms with Gasteiger partial charge in [0.1, 0.15) is 0 Å². The maximum absolute atomic E-state index is 12.2. The summed E-state index contributed by atoms with van der Waals surface area (Å²) < 4.78 is 0. The second-order valence-corrected chi connectivity index (χ2v) is 4.31. The Kier molecular flexibility index (Phi) is 3.19. The highest BCUT2D eigenvalue weighted by atomic mass is 16.2. The number of aromatic nitrogens is 1. The van der Waals surface area contributed by atoms with Crippen molar-refractivity contribution in [2.24, 2.45) is 11.8 Å². The first-order chi connectivity index (χ1) is 7.70. The molecule has 1 aromatic heterocycles. The molecule has 2 rings (SSSR count). The molecule has 0 aromatic carbocycles. The van der Waals surface area contributed by atoms with Gasteiger partial charge in [-0.05, 0) is 31.1 Å². The number of pyridine rings is 1. The molecule has 1 aliphatic heterocycles. The predicted octanol–water partition coefficient (Wildman–Crippen LogP) is 0.900. The second kappa shape index (κ2) is 4.61. The summed E-state index contributed by atoms with van der Waals surface area (Å²) in [6.45, 7) is 3.92. The van der Waals surface area contributed by atoms with E-state index < -0.39 is 0 Å². The van der Waals surface area contributed by atoms with Gasteiger partial charge in [0.2, 0.25) is 5.91 Å². The van der Waals surface area contributed by atoms with E-state index in [1.165, 1.54) is 0 Å². The number of nitrogens with one attached hydrogen (secondary N) is 1. The van der Waals surface area contributed by atoms with E-state index in [0.29, 0.717) is 5.92 Å². The van der Waals surface area contributed by atoms with Crippen LogP contribution in [0.1, 0.15) is 6.92 Å². The Balaban J connectivity index is 2.04. The highest BCUT2D eigenvalue weighted by Crippen LogP contribution is 2.20. The number of amides is 1. The lowest BCUT2D eigenvalue weighted by Crippen LogP contribution is -2.50. The normalized spacial score (nSPS) is 17.6. The highest BCUT2D eigenvalue weighted by molar-refractivity contribution is 5.94. The zero-order chi connectivity index (χ0) is 11.5. The Morgan fingerprint density at radius 3 is 2.62 bits per heavy atom. The summed E-state index contributed by atoms with van der Waals surface area (Å²) in [6.07, 6.45) is 3.41. The zero-order valence-electron chi connectivity index (χ0n) is 9.68. The number of rotatable bonds is 3. The Labute approximate surface area is 95.7 Å². The first kappa shape index (κ1) is 11.1. The maximum atomic E-state index is 12.2. The molecule has 0 radical (unpaired) electrons. The SMILES string of the molecule is CC(C(=O)N(C)c1ccncc1)C1CNC1. The van der Waals surface area contributed by atoms with E-state index in [2.05, 4.69) is 10.3 Å². The molecule has 1 N–H and O–H groups in total. The van der Waals surface area contributed by atoms with Gasteiger partial charge in [0, 0.05) is 31.0 Å². The summed E-state index contributed by atoms with van der Waals surface area (Å²) in [7, 11) is 1.82. The second-order valence-electron chi connectivity index (χ2n) is 4.31. The molecule has 16 heavy (non-hydrogen) atoms. The van der Waals surface area contributed by atoms with Crippen LogP contribution in [0, 0.1) is 11.8 Å². The number of carbonyl (C=O) groups excluding carboxylic acids is 1. The van der Waals surface area contributed by atoms with Crippen LogP contribution in [0.2, 0.25) is 0 Å². The Morgan fingerprint density at radius 1 is 1.50 bits per heavy atom. The van der Waals surface area contributed by atoms with Crippen molar-refractivity contribution in [3.63, 3.8) is 0 Å². The minimum absolute atomic E-state index is 0.0828. The fourth-order valence-electron chi connectivity index (χ4n) is 1.87. The van der Waals surface area contributed by atoms with Gasteiger partial charge in [-0.25, -0.2) is 0 Å². The fraction of sp³-hybridized carbons (Fsp3) is 0.500. The molecule has 1 amide bonds. The number of hydrogen-bond acceptors (Lipinski definition) is 3. The molecule has 4 heteroatoms. The Bertz CT molecular complexity index is 362. The van der Waals surface area contributed by atoms with Gasteiger partial charge in [-0.1, -0.05) is 6.92 Å². The molecular formula is C12H17N3O. The van der Waals surface area contributed by atoms with E-state index in [0.717, 1.165) is 18.8 Å². The molecule has 1 saturated heterocycles. The van der Waals surface area contributed by atoms with Crippen molar-refractivity contribution < 1.29 is 4.79 Å². The van der Waals surface area contributed by atoms with Gasteiger partial charge in [-0.15, -0.1) is 0 Å². The van der Waals surface area contributed by atoms with Gasteiger partial charge in [0.05, 0.1) is 0 Å². The molecule has 0 saturated carbocycles. The lowest BCUT2D eigenvalue weighted by molar-refractivity contribution is -0.123. The van der Waals surface area contributed by atoms with Crippen molar-refractivity contribution in [2.75, 3.05) is 25.0 Å². The minimum atomic E-state index is 0.0828. The summed E-state index contributed by atoms with van der Waals surface area (Å²) in [5.41, 5.74) is 0.902. The summed E-state index contributed by atoms with van der Waals surface area (Å²) in [5.74, 6) is 0.744. The van der Waals surface area contributed by atoms with Crippen LogP contribution in [0.4, 0.5) is 5.69 Å². The Hall–Kier alpha value is -1.42. The number of nitrogens with zero attached hydrogens (tertiary/aromatic N) is 2. The van der Waals surface area contributed by atoms with E-state index in [1.807, 2.05) is 26.1 Å². The molecule has 2 heterocycles. The van der Waals surface area contributed by atoms with Crippen LogP contribution >= 0.6 is 0 Å². The van der Waals surface area contributed by atoms with Gasteiger partial charge >= 0.3 is 0 Å². The molecule has 1 unspecified atom stereocenters. The number of anilines is 1. The molecule has 1 fully saturated rings. The third kappa shape index (κ3) is 2.07. The monoisotopic (exact) mass is 219 g/mol. The molecule has 0 bridgehead atoms. The van der Waals surface area contributed by atoms with E-state index >= 15 is 0 Å². The van der Waals surface area contributed by atoms with Gasteiger partial charge in [0.15, 0.2) is 0 Å². The first-order valence-corrected chi connectivity index (χ1v) is 5.58. The lowest BCUT2D eigenvalue weighted by atomic mass is 9.88. The average Bonchev–Trinajstić information content (AvgIpc) is 2.26.